The molecule has 0 radical (unpaired) electrons. The van der Waals surface area contributed by atoms with Gasteiger partial charge in [0.1, 0.15) is 43.8 Å². The summed E-state index contributed by atoms with van der Waals surface area (Å²) in [7, 11) is -3.59. The number of anilines is 1. The monoisotopic (exact) mass is 986 g/mol. The Morgan fingerprint density at radius 3 is 2.03 bits per heavy atom. The second kappa shape index (κ2) is 28.8. The molecular weight excluding hydrogens is 920 g/mol. The van der Waals surface area contributed by atoms with Crippen molar-refractivity contribution in [3.63, 3.8) is 0 Å². The number of nitrogens with one attached hydrogen (secondary N) is 4. The second-order valence-electron chi connectivity index (χ2n) is 17.2. The summed E-state index contributed by atoms with van der Waals surface area (Å²) in [5.41, 5.74) is 2.77. The smallest absolute Gasteiger partial charge is 0.411 e. The number of carbonyl (C=O) groups excluding carboxylic acids is 7. The van der Waals surface area contributed by atoms with Gasteiger partial charge in [-0.25, -0.2) is 9.88 Å². The molecule has 378 valence electrons. The predicted molar refractivity (Wildman–Crippen MR) is 264 cm³/mol. The average molecular weight is 987 g/mol. The number of amides is 6. The third-order valence-corrected chi connectivity index (χ3v) is 13.0. The molecule has 1 aliphatic heterocycles. The lowest BCUT2D eigenvalue weighted by Gasteiger charge is -2.24. The van der Waals surface area contributed by atoms with Crippen molar-refractivity contribution in [3.8, 4) is 5.75 Å². The number of rotatable bonds is 29. The number of ether oxygens (including phenoxy) is 3. The number of esters is 1. The maximum atomic E-state index is 14.1. The fourth-order valence-electron chi connectivity index (χ4n) is 6.82. The first-order chi connectivity index (χ1) is 33.5. The fourth-order valence-corrected chi connectivity index (χ4v) is 8.72. The summed E-state index contributed by atoms with van der Waals surface area (Å²) in [4.78, 5) is 90.5. The van der Waals surface area contributed by atoms with Crippen LogP contribution in [-0.2, 0) is 60.8 Å². The molecule has 4 N–H and O–H groups in total. The molecule has 1 aliphatic rings. The molecule has 0 saturated heterocycles. The van der Waals surface area contributed by atoms with Crippen molar-refractivity contribution in [1.82, 2.24) is 25.5 Å². The largest absolute Gasteiger partial charge is 0.460 e. The van der Waals surface area contributed by atoms with E-state index >= 15 is 0 Å². The van der Waals surface area contributed by atoms with Crippen LogP contribution in [0.2, 0.25) is 0 Å². The highest BCUT2D eigenvalue weighted by atomic mass is 31.2. The summed E-state index contributed by atoms with van der Waals surface area (Å²) in [6, 6.07) is 21.9. The van der Waals surface area contributed by atoms with Gasteiger partial charge < -0.3 is 34.7 Å². The van der Waals surface area contributed by atoms with Crippen LogP contribution in [0.5, 0.6) is 5.75 Å². The zero-order valence-corrected chi connectivity index (χ0v) is 41.7. The van der Waals surface area contributed by atoms with Gasteiger partial charge in [-0.2, -0.15) is 0 Å². The summed E-state index contributed by atoms with van der Waals surface area (Å²) in [6.07, 6.45) is 5.99. The van der Waals surface area contributed by atoms with Crippen LogP contribution in [0.15, 0.2) is 109 Å². The molecule has 0 aromatic heterocycles. The van der Waals surface area contributed by atoms with E-state index in [1.54, 1.807) is 76.2 Å². The Bertz CT molecular complexity index is 2310. The zero-order chi connectivity index (χ0) is 51.1. The quantitative estimate of drug-likeness (QED) is 0.0137. The Hall–Kier alpha value is -6.62. The molecule has 3 aromatic carbocycles. The summed E-state index contributed by atoms with van der Waals surface area (Å²) >= 11 is 0. The van der Waals surface area contributed by atoms with Crippen LogP contribution in [0.3, 0.4) is 0 Å². The lowest BCUT2D eigenvalue weighted by Crippen LogP contribution is -2.53. The number of para-hydroxylation sites is 1. The summed E-state index contributed by atoms with van der Waals surface area (Å²) in [5.74, 6) is -2.42. The maximum Gasteiger partial charge on any atom is 0.411 e. The Morgan fingerprint density at radius 2 is 1.39 bits per heavy atom. The third-order valence-electron chi connectivity index (χ3n) is 10.9. The van der Waals surface area contributed by atoms with Gasteiger partial charge in [0.15, 0.2) is 0 Å². The lowest BCUT2D eigenvalue weighted by atomic mass is 10.0. The Labute approximate surface area is 410 Å². The maximum absolute atomic E-state index is 14.1. The van der Waals surface area contributed by atoms with Crippen LogP contribution >= 0.6 is 7.52 Å². The number of unbranched alkanes of at least 4 members (excludes halogenated alkanes) is 2. The molecule has 4 rings (SSSR count). The Balaban J connectivity index is 1.16. The first-order valence-electron chi connectivity index (χ1n) is 23.5. The van der Waals surface area contributed by atoms with Crippen LogP contribution in [-0.4, -0.2) is 102 Å². The van der Waals surface area contributed by atoms with E-state index in [-0.39, 0.29) is 69.3 Å². The van der Waals surface area contributed by atoms with Gasteiger partial charge in [-0.05, 0) is 88.3 Å². The minimum Gasteiger partial charge on any atom is -0.460 e. The molecule has 0 bridgehead atoms. The highest BCUT2D eigenvalue weighted by molar-refractivity contribution is 7.57. The Morgan fingerprint density at radius 1 is 0.757 bits per heavy atom. The third kappa shape index (κ3) is 19.4. The van der Waals surface area contributed by atoms with Crippen LogP contribution in [0.25, 0.3) is 0 Å². The molecule has 18 nitrogen and oxygen atoms in total. The van der Waals surface area contributed by atoms with Crippen molar-refractivity contribution >= 4 is 54.8 Å². The number of benzene rings is 3. The normalized spacial score (nSPS) is 14.6. The predicted octanol–water partition coefficient (Wildman–Crippen LogP) is 7.02. The molecule has 0 spiro atoms. The molecule has 70 heavy (non-hydrogen) atoms. The fraction of sp³-hybridized carbons (Fsp3) is 0.431. The van der Waals surface area contributed by atoms with Crippen molar-refractivity contribution in [2.45, 2.75) is 105 Å². The number of allylic oxidation sites excluding steroid dienone is 1. The van der Waals surface area contributed by atoms with E-state index < -0.39 is 49.5 Å². The molecule has 0 saturated carbocycles. The lowest BCUT2D eigenvalue weighted by molar-refractivity contribution is -0.146. The van der Waals surface area contributed by atoms with Gasteiger partial charge in [-0.3, -0.25) is 43.1 Å². The molecule has 1 unspecified atom stereocenters. The summed E-state index contributed by atoms with van der Waals surface area (Å²) < 4.78 is 36.8. The van der Waals surface area contributed by atoms with E-state index in [1.165, 1.54) is 24.0 Å². The molecule has 3 aromatic rings. The number of hydrogen-bond donors (Lipinski definition) is 4. The number of hydrogen-bond acceptors (Lipinski definition) is 12. The first-order valence-corrected chi connectivity index (χ1v) is 25.3. The highest BCUT2D eigenvalue weighted by Crippen LogP contribution is 2.44. The highest BCUT2D eigenvalue weighted by Gasteiger charge is 2.31. The SMILES string of the molecule is CCN(COC/C(C)=C/CCP(=O)(N[C@@H](C)C(=O)OCc1ccccc1)Oc1ccccc1)C(=O)OCc1ccc(NC(=O)[C@H](C)NC(=O)[C@@H](NC(=O)CCCCCN2C(=O)C=CC2=O)C(C)C)cc1. The molecule has 6 amide bonds. The number of imide groups is 1. The summed E-state index contributed by atoms with van der Waals surface area (Å²) in [5, 5.41) is 11.1. The number of carbonyl (C=O) groups is 7. The average Bonchev–Trinajstić information content (AvgIpc) is 3.66. The van der Waals surface area contributed by atoms with Gasteiger partial charge in [0.25, 0.3) is 11.8 Å². The van der Waals surface area contributed by atoms with Gasteiger partial charge in [-0.1, -0.05) is 92.6 Å². The molecule has 19 heteroatoms. The van der Waals surface area contributed by atoms with Gasteiger partial charge in [0.2, 0.25) is 17.7 Å². The molecule has 4 atom stereocenters. The van der Waals surface area contributed by atoms with Gasteiger partial charge in [0.05, 0.1) is 12.8 Å². The van der Waals surface area contributed by atoms with Crippen LogP contribution in [0, 0.1) is 5.92 Å². The first kappa shape index (κ1) is 56.0. The second-order valence-corrected chi connectivity index (χ2v) is 19.4. The minimum atomic E-state index is -3.59. The minimum absolute atomic E-state index is 0.0435. The van der Waals surface area contributed by atoms with Gasteiger partial charge >= 0.3 is 19.6 Å². The van der Waals surface area contributed by atoms with E-state index in [4.69, 9.17) is 18.7 Å². The van der Waals surface area contributed by atoms with E-state index in [2.05, 4.69) is 21.0 Å². The summed E-state index contributed by atoms with van der Waals surface area (Å²) in [6.45, 7) is 11.1. The van der Waals surface area contributed by atoms with Crippen molar-refractivity contribution < 1.29 is 56.9 Å². The van der Waals surface area contributed by atoms with Crippen LogP contribution in [0.4, 0.5) is 10.5 Å². The molecule has 0 aliphatic carbocycles. The van der Waals surface area contributed by atoms with Gasteiger partial charge in [0, 0.05) is 37.3 Å². The van der Waals surface area contributed by atoms with Crippen LogP contribution < -0.4 is 25.6 Å². The topological polar surface area (TPSA) is 228 Å². The van der Waals surface area contributed by atoms with Crippen molar-refractivity contribution in [2.75, 3.05) is 37.9 Å². The van der Waals surface area contributed by atoms with Crippen molar-refractivity contribution in [2.24, 2.45) is 5.92 Å². The molecular formula is C51H67N6O12P. The molecule has 1 heterocycles. The standard InChI is InChI=1S/C51H67N6O12P/c1-7-56(35-66-32-37(4)18-17-31-70(65,69-43-21-13-9-14-22-43)55-39(6)50(63)67-33-40-19-11-8-12-20-40)51(64)68-34-41-24-26-42(27-25-41)53-48(61)38(5)52-49(62)47(36(2)3)54-44(58)23-15-10-16-30-57-45(59)28-29-46(57)60/h8-9,11-14,18-22,24-29,36,38-39,47H,7,10,15-17,23,30-35H2,1-6H3,(H,52,62)(H,53,61)(H,54,58)(H,55,65)/b37-18+/t38-,39-,47-,70?/m0/s1. The van der Waals surface area contributed by atoms with Crippen molar-refractivity contribution in [1.29, 1.82) is 0 Å². The van der Waals surface area contributed by atoms with Crippen molar-refractivity contribution in [3.05, 3.63) is 120 Å². The van der Waals surface area contributed by atoms with Gasteiger partial charge in [-0.15, -0.1) is 0 Å². The zero-order valence-electron chi connectivity index (χ0n) is 40.9. The van der Waals surface area contributed by atoms with Crippen LogP contribution in [0.1, 0.15) is 84.8 Å². The molecule has 0 fully saturated rings. The van der Waals surface area contributed by atoms with E-state index in [0.29, 0.717) is 49.2 Å². The van der Waals surface area contributed by atoms with E-state index in [1.807, 2.05) is 49.4 Å². The van der Waals surface area contributed by atoms with E-state index in [9.17, 15) is 38.1 Å². The van der Waals surface area contributed by atoms with E-state index in [0.717, 1.165) is 16.0 Å². The number of nitrogens with zero attached hydrogens (tertiary/aromatic N) is 2. The Kier molecular flexibility index (Phi) is 23.0.